The van der Waals surface area contributed by atoms with E-state index in [4.69, 9.17) is 14.3 Å². The fourth-order valence-corrected chi connectivity index (χ4v) is 4.53. The topological polar surface area (TPSA) is 114 Å². The maximum Gasteiger partial charge on any atom is 0.329 e. The summed E-state index contributed by atoms with van der Waals surface area (Å²) in [5, 5.41) is 3.83. The number of benzene rings is 2. The van der Waals surface area contributed by atoms with Gasteiger partial charge in [0.15, 0.2) is 11.5 Å². The Morgan fingerprint density at radius 1 is 1.22 bits per heavy atom. The highest BCUT2D eigenvalue weighted by atomic mass is 16.7. The molecule has 0 saturated heterocycles. The zero-order valence-electron chi connectivity index (χ0n) is 21.2. The first-order valence-electron chi connectivity index (χ1n) is 12.3. The van der Waals surface area contributed by atoms with Crippen molar-refractivity contribution in [3.63, 3.8) is 0 Å². The van der Waals surface area contributed by atoms with Gasteiger partial charge in [-0.05, 0) is 55.5 Å². The summed E-state index contributed by atoms with van der Waals surface area (Å²) in [6.45, 7) is 3.88. The van der Waals surface area contributed by atoms with Crippen LogP contribution < -0.4 is 14.8 Å². The molecule has 2 aromatic carbocycles. The summed E-state index contributed by atoms with van der Waals surface area (Å²) >= 11 is 0. The number of nitrogens with one attached hydrogen (secondary N) is 1. The maximum absolute atomic E-state index is 13.8. The van der Waals surface area contributed by atoms with Crippen LogP contribution >= 0.6 is 0 Å². The van der Waals surface area contributed by atoms with Crippen LogP contribution in [0.3, 0.4) is 0 Å². The number of methoxy groups -OCH3 is 1. The SMILES string of the molecule is CCOc1cc([C@@H](CCN(C=O)OC(C)=O)N2Cc3cccc(NC(=O)C4CC4)c3C2=O)ccc1OC. The quantitative estimate of drug-likeness (QED) is 0.344. The highest BCUT2D eigenvalue weighted by Gasteiger charge is 2.37. The Hall–Kier alpha value is -4.08. The average Bonchev–Trinajstić information content (AvgIpc) is 3.68. The van der Waals surface area contributed by atoms with Crippen LogP contribution in [-0.2, 0) is 25.8 Å². The van der Waals surface area contributed by atoms with Crippen molar-refractivity contribution in [2.75, 3.05) is 25.6 Å². The molecule has 196 valence electrons. The number of nitrogens with zero attached hydrogens (tertiary/aromatic N) is 2. The van der Waals surface area contributed by atoms with Crippen molar-refractivity contribution in [1.82, 2.24) is 9.96 Å². The summed E-state index contributed by atoms with van der Waals surface area (Å²) in [6.07, 6.45) is 2.44. The Bertz CT molecular complexity index is 1190. The third-order valence-corrected chi connectivity index (χ3v) is 6.41. The molecule has 0 aromatic heterocycles. The number of anilines is 1. The van der Waals surface area contributed by atoms with Gasteiger partial charge in [-0.25, -0.2) is 0 Å². The fourth-order valence-electron chi connectivity index (χ4n) is 4.53. The second-order valence-corrected chi connectivity index (χ2v) is 9.01. The highest BCUT2D eigenvalue weighted by Crippen LogP contribution is 2.40. The summed E-state index contributed by atoms with van der Waals surface area (Å²) in [5.74, 6) is 0.165. The van der Waals surface area contributed by atoms with Crippen molar-refractivity contribution in [1.29, 1.82) is 0 Å². The summed E-state index contributed by atoms with van der Waals surface area (Å²) in [4.78, 5) is 55.7. The Morgan fingerprint density at radius 2 is 2.00 bits per heavy atom. The molecule has 1 aliphatic heterocycles. The molecular formula is C27H31N3O7. The van der Waals surface area contributed by atoms with E-state index in [-0.39, 0.29) is 30.7 Å². The van der Waals surface area contributed by atoms with Gasteiger partial charge in [-0.1, -0.05) is 18.2 Å². The lowest BCUT2D eigenvalue weighted by Crippen LogP contribution is -2.34. The molecular weight excluding hydrogens is 478 g/mol. The van der Waals surface area contributed by atoms with Gasteiger partial charge in [0.2, 0.25) is 12.3 Å². The van der Waals surface area contributed by atoms with Gasteiger partial charge >= 0.3 is 5.97 Å². The molecule has 0 spiro atoms. The molecule has 10 nitrogen and oxygen atoms in total. The summed E-state index contributed by atoms with van der Waals surface area (Å²) in [7, 11) is 1.55. The van der Waals surface area contributed by atoms with Gasteiger partial charge < -0.3 is 24.5 Å². The number of hydrogen-bond donors (Lipinski definition) is 1. The Balaban J connectivity index is 1.66. The standard InChI is InChI=1S/C27H31N3O7/c1-4-36-24-14-19(10-11-23(24)35-3)22(12-13-29(16-31)37-17(2)32)30-15-20-6-5-7-21(25(20)27(30)34)28-26(33)18-8-9-18/h5-7,10-11,14,16,18,22H,4,8-9,12-13,15H2,1-3H3,(H,28,33)/t22-/m1/s1. The van der Waals surface area contributed by atoms with Gasteiger partial charge in [0.1, 0.15) is 0 Å². The summed E-state index contributed by atoms with van der Waals surface area (Å²) in [5.41, 5.74) is 2.53. The molecule has 0 unspecified atom stereocenters. The van der Waals surface area contributed by atoms with Crippen molar-refractivity contribution < 1.29 is 33.5 Å². The number of amides is 3. The molecule has 1 aliphatic carbocycles. The molecule has 37 heavy (non-hydrogen) atoms. The number of hydrogen-bond acceptors (Lipinski definition) is 7. The van der Waals surface area contributed by atoms with E-state index < -0.39 is 12.0 Å². The molecule has 1 fully saturated rings. The lowest BCUT2D eigenvalue weighted by molar-refractivity contribution is -0.189. The molecule has 0 bridgehead atoms. The van der Waals surface area contributed by atoms with Gasteiger partial charge in [-0.2, -0.15) is 5.06 Å². The number of carbonyl (C=O) groups excluding carboxylic acids is 4. The summed E-state index contributed by atoms with van der Waals surface area (Å²) < 4.78 is 11.2. The van der Waals surface area contributed by atoms with Gasteiger partial charge in [0.05, 0.1) is 37.6 Å². The van der Waals surface area contributed by atoms with E-state index in [1.54, 1.807) is 24.1 Å². The minimum atomic E-state index is -0.618. The Labute approximate surface area is 215 Å². The molecule has 1 atom stereocenters. The van der Waals surface area contributed by atoms with E-state index in [1.165, 1.54) is 6.92 Å². The first kappa shape index (κ1) is 26.0. The largest absolute Gasteiger partial charge is 0.493 e. The van der Waals surface area contributed by atoms with Gasteiger partial charge in [-0.15, -0.1) is 0 Å². The zero-order valence-corrected chi connectivity index (χ0v) is 21.2. The van der Waals surface area contributed by atoms with Gasteiger partial charge in [-0.3, -0.25) is 19.2 Å². The molecule has 1 saturated carbocycles. The lowest BCUT2D eigenvalue weighted by Gasteiger charge is -2.30. The predicted molar refractivity (Wildman–Crippen MR) is 134 cm³/mol. The molecule has 2 aromatic rings. The molecule has 10 heteroatoms. The van der Waals surface area contributed by atoms with Crippen molar-refractivity contribution >= 4 is 29.9 Å². The number of ether oxygens (including phenoxy) is 2. The predicted octanol–water partition coefficient (Wildman–Crippen LogP) is 3.47. The zero-order chi connectivity index (χ0) is 26.5. The molecule has 1 heterocycles. The van der Waals surface area contributed by atoms with Gasteiger partial charge in [0.25, 0.3) is 5.91 Å². The highest BCUT2D eigenvalue weighted by molar-refractivity contribution is 6.07. The fraction of sp³-hybridized carbons (Fsp3) is 0.407. The first-order chi connectivity index (χ1) is 17.9. The van der Waals surface area contributed by atoms with Crippen molar-refractivity contribution in [3.05, 3.63) is 53.1 Å². The van der Waals surface area contributed by atoms with Crippen LogP contribution in [0, 0.1) is 5.92 Å². The maximum atomic E-state index is 13.8. The molecule has 0 radical (unpaired) electrons. The average molecular weight is 510 g/mol. The number of rotatable bonds is 12. The van der Waals surface area contributed by atoms with Gasteiger partial charge in [0, 0.05) is 19.4 Å². The van der Waals surface area contributed by atoms with Crippen LogP contribution in [0.2, 0.25) is 0 Å². The normalized spacial score (nSPS) is 15.0. The van der Waals surface area contributed by atoms with E-state index in [1.807, 2.05) is 31.2 Å². The molecule has 2 aliphatic rings. The van der Waals surface area contributed by atoms with Crippen molar-refractivity contribution in [2.24, 2.45) is 5.92 Å². The summed E-state index contributed by atoms with van der Waals surface area (Å²) in [6, 6.07) is 10.4. The van der Waals surface area contributed by atoms with Crippen LogP contribution in [-0.4, -0.2) is 54.4 Å². The number of fused-ring (bicyclic) bond motifs is 1. The Morgan fingerprint density at radius 3 is 2.65 bits per heavy atom. The molecule has 3 amide bonds. The second kappa shape index (κ2) is 11.3. The van der Waals surface area contributed by atoms with E-state index in [0.717, 1.165) is 29.0 Å². The smallest absolute Gasteiger partial charge is 0.329 e. The second-order valence-electron chi connectivity index (χ2n) is 9.01. The van der Waals surface area contributed by atoms with Crippen LogP contribution in [0.25, 0.3) is 0 Å². The van der Waals surface area contributed by atoms with E-state index >= 15 is 0 Å². The van der Waals surface area contributed by atoms with E-state index in [9.17, 15) is 19.2 Å². The third-order valence-electron chi connectivity index (χ3n) is 6.41. The Kier molecular flexibility index (Phi) is 7.95. The van der Waals surface area contributed by atoms with Crippen LogP contribution in [0.15, 0.2) is 36.4 Å². The van der Waals surface area contributed by atoms with Crippen LogP contribution in [0.1, 0.15) is 60.6 Å². The minimum absolute atomic E-state index is 0.00287. The van der Waals surface area contributed by atoms with E-state index in [2.05, 4.69) is 5.32 Å². The van der Waals surface area contributed by atoms with Crippen LogP contribution in [0.5, 0.6) is 11.5 Å². The molecule has 4 rings (SSSR count). The number of carbonyl (C=O) groups is 4. The molecule has 1 N–H and O–H groups in total. The van der Waals surface area contributed by atoms with Crippen LogP contribution in [0.4, 0.5) is 5.69 Å². The van der Waals surface area contributed by atoms with Crippen molar-refractivity contribution in [2.45, 2.75) is 45.7 Å². The van der Waals surface area contributed by atoms with E-state index in [0.29, 0.717) is 42.3 Å². The minimum Gasteiger partial charge on any atom is -0.493 e. The third kappa shape index (κ3) is 5.84. The first-order valence-corrected chi connectivity index (χ1v) is 12.3. The number of hydroxylamine groups is 2. The lowest BCUT2D eigenvalue weighted by atomic mass is 10.0. The van der Waals surface area contributed by atoms with Crippen molar-refractivity contribution in [3.8, 4) is 11.5 Å². The monoisotopic (exact) mass is 509 g/mol.